The van der Waals surface area contributed by atoms with Gasteiger partial charge in [0.1, 0.15) is 5.65 Å². The second kappa shape index (κ2) is 5.96. The average molecular weight is 314 g/mol. The van der Waals surface area contributed by atoms with Gasteiger partial charge in [-0.1, -0.05) is 20.8 Å². The number of hydrogen-bond donors (Lipinski definition) is 2. The summed E-state index contributed by atoms with van der Waals surface area (Å²) in [6.45, 7) is 6.87. The number of H-pyrrole nitrogens is 1. The molecule has 0 bridgehead atoms. The third-order valence-electron chi connectivity index (χ3n) is 4.85. The Morgan fingerprint density at radius 2 is 2.30 bits per heavy atom. The lowest BCUT2D eigenvalue weighted by Gasteiger charge is -2.33. The maximum Gasteiger partial charge on any atom is 0.240 e. The standard InChI is InChI=1S/C18H26N4O/c1-18(2,3)15(19)17(23)22-9-5-6-13(22)10-12-11-21-16-14(12)7-4-8-20-16/h4,7-8,11,13,15H,5-6,9-10,19H2,1-3H3,(H,20,21). The molecular weight excluding hydrogens is 288 g/mol. The summed E-state index contributed by atoms with van der Waals surface area (Å²) in [6, 6.07) is 3.81. The van der Waals surface area contributed by atoms with Gasteiger partial charge < -0.3 is 15.6 Å². The molecule has 0 aliphatic carbocycles. The number of amides is 1. The summed E-state index contributed by atoms with van der Waals surface area (Å²) < 4.78 is 0. The van der Waals surface area contributed by atoms with Crippen molar-refractivity contribution in [3.63, 3.8) is 0 Å². The summed E-state index contributed by atoms with van der Waals surface area (Å²) in [5, 5.41) is 1.15. The SMILES string of the molecule is CC(C)(C)C(N)C(=O)N1CCCC1Cc1c[nH]c2ncccc12. The smallest absolute Gasteiger partial charge is 0.240 e. The van der Waals surface area contributed by atoms with Gasteiger partial charge in [0.15, 0.2) is 0 Å². The molecule has 1 aliphatic heterocycles. The number of pyridine rings is 1. The van der Waals surface area contributed by atoms with Crippen molar-refractivity contribution in [2.24, 2.45) is 11.1 Å². The summed E-state index contributed by atoms with van der Waals surface area (Å²) in [5.74, 6) is 0.0815. The van der Waals surface area contributed by atoms with Crippen molar-refractivity contribution in [2.75, 3.05) is 6.54 Å². The lowest BCUT2D eigenvalue weighted by atomic mass is 9.86. The van der Waals surface area contributed by atoms with E-state index in [4.69, 9.17) is 5.73 Å². The lowest BCUT2D eigenvalue weighted by molar-refractivity contribution is -0.135. The van der Waals surface area contributed by atoms with Gasteiger partial charge in [0.25, 0.3) is 0 Å². The van der Waals surface area contributed by atoms with Crippen LogP contribution in [-0.2, 0) is 11.2 Å². The van der Waals surface area contributed by atoms with Gasteiger partial charge in [-0.15, -0.1) is 0 Å². The minimum atomic E-state index is -0.451. The summed E-state index contributed by atoms with van der Waals surface area (Å²) in [7, 11) is 0. The van der Waals surface area contributed by atoms with Gasteiger partial charge in [-0.05, 0) is 42.4 Å². The van der Waals surface area contributed by atoms with Crippen molar-refractivity contribution >= 4 is 16.9 Å². The predicted molar refractivity (Wildman–Crippen MR) is 92.0 cm³/mol. The normalized spacial score (nSPS) is 20.2. The van der Waals surface area contributed by atoms with Crippen molar-refractivity contribution in [1.82, 2.24) is 14.9 Å². The van der Waals surface area contributed by atoms with Crippen molar-refractivity contribution < 1.29 is 4.79 Å². The Labute approximate surface area is 137 Å². The maximum atomic E-state index is 12.8. The number of rotatable bonds is 3. The van der Waals surface area contributed by atoms with Crippen molar-refractivity contribution in [1.29, 1.82) is 0 Å². The van der Waals surface area contributed by atoms with Gasteiger partial charge in [-0.25, -0.2) is 4.98 Å². The molecule has 1 saturated heterocycles. The molecule has 1 amide bonds. The molecule has 3 rings (SSSR count). The zero-order valence-corrected chi connectivity index (χ0v) is 14.2. The molecule has 2 aromatic heterocycles. The molecule has 3 heterocycles. The van der Waals surface area contributed by atoms with E-state index in [0.29, 0.717) is 0 Å². The largest absolute Gasteiger partial charge is 0.346 e. The Kier molecular flexibility index (Phi) is 4.15. The summed E-state index contributed by atoms with van der Waals surface area (Å²) in [5.41, 5.74) is 8.11. The van der Waals surface area contributed by atoms with Crippen LogP contribution in [0.1, 0.15) is 39.2 Å². The van der Waals surface area contributed by atoms with Crippen LogP contribution in [0.15, 0.2) is 24.5 Å². The first kappa shape index (κ1) is 16.0. The van der Waals surface area contributed by atoms with Crippen LogP contribution in [0.3, 0.4) is 0 Å². The molecule has 5 nitrogen and oxygen atoms in total. The van der Waals surface area contributed by atoms with Crippen molar-refractivity contribution in [2.45, 2.75) is 52.1 Å². The third-order valence-corrected chi connectivity index (χ3v) is 4.85. The second-order valence-electron chi connectivity index (χ2n) is 7.59. The summed E-state index contributed by atoms with van der Waals surface area (Å²) in [6.07, 6.45) is 6.75. The molecule has 2 atom stereocenters. The van der Waals surface area contributed by atoms with E-state index in [2.05, 4.69) is 16.0 Å². The highest BCUT2D eigenvalue weighted by molar-refractivity contribution is 5.83. The molecule has 2 unspecified atom stereocenters. The first-order chi connectivity index (χ1) is 10.9. The van der Waals surface area contributed by atoms with Crippen LogP contribution in [0, 0.1) is 5.41 Å². The van der Waals surface area contributed by atoms with Gasteiger partial charge in [-0.2, -0.15) is 0 Å². The number of likely N-dealkylation sites (tertiary alicyclic amines) is 1. The van der Waals surface area contributed by atoms with E-state index < -0.39 is 6.04 Å². The van der Waals surface area contributed by atoms with Gasteiger partial charge in [0.05, 0.1) is 6.04 Å². The number of aromatic amines is 1. The van der Waals surface area contributed by atoms with E-state index in [1.54, 1.807) is 6.20 Å². The molecule has 0 spiro atoms. The zero-order valence-electron chi connectivity index (χ0n) is 14.2. The molecule has 2 aromatic rings. The fourth-order valence-electron chi connectivity index (χ4n) is 3.32. The Morgan fingerprint density at radius 1 is 1.52 bits per heavy atom. The van der Waals surface area contributed by atoms with Gasteiger partial charge in [-0.3, -0.25) is 4.79 Å². The van der Waals surface area contributed by atoms with Crippen LogP contribution >= 0.6 is 0 Å². The number of hydrogen-bond acceptors (Lipinski definition) is 3. The lowest BCUT2D eigenvalue weighted by Crippen LogP contribution is -2.52. The van der Waals surface area contributed by atoms with E-state index in [-0.39, 0.29) is 17.4 Å². The number of nitrogens with two attached hydrogens (primary N) is 1. The third kappa shape index (κ3) is 3.11. The average Bonchev–Trinajstić information content (AvgIpc) is 3.13. The first-order valence-electron chi connectivity index (χ1n) is 8.35. The Hall–Kier alpha value is -1.88. The molecule has 0 radical (unpaired) electrons. The van der Waals surface area contributed by atoms with Crippen LogP contribution in [0.25, 0.3) is 11.0 Å². The van der Waals surface area contributed by atoms with Gasteiger partial charge >= 0.3 is 0 Å². The quantitative estimate of drug-likeness (QED) is 0.914. The molecule has 1 fully saturated rings. The van der Waals surface area contributed by atoms with E-state index in [9.17, 15) is 4.79 Å². The number of carbonyl (C=O) groups excluding carboxylic acids is 1. The monoisotopic (exact) mass is 314 g/mol. The highest BCUT2D eigenvalue weighted by Gasteiger charge is 2.36. The predicted octanol–water partition coefficient (Wildman–Crippen LogP) is 2.47. The summed E-state index contributed by atoms with van der Waals surface area (Å²) in [4.78, 5) is 22.3. The molecule has 3 N–H and O–H groups in total. The van der Waals surface area contributed by atoms with Gasteiger partial charge in [0, 0.05) is 30.4 Å². The molecule has 124 valence electrons. The topological polar surface area (TPSA) is 75.0 Å². The van der Waals surface area contributed by atoms with Gasteiger partial charge in [0.2, 0.25) is 5.91 Å². The Morgan fingerprint density at radius 3 is 3.04 bits per heavy atom. The highest BCUT2D eigenvalue weighted by atomic mass is 16.2. The molecule has 0 saturated carbocycles. The first-order valence-corrected chi connectivity index (χ1v) is 8.35. The number of nitrogens with zero attached hydrogens (tertiary/aromatic N) is 2. The van der Waals surface area contributed by atoms with Crippen LogP contribution in [0.2, 0.25) is 0 Å². The van der Waals surface area contributed by atoms with E-state index in [1.807, 2.05) is 37.9 Å². The van der Waals surface area contributed by atoms with Crippen LogP contribution in [0.5, 0.6) is 0 Å². The number of fused-ring (bicyclic) bond motifs is 1. The highest BCUT2D eigenvalue weighted by Crippen LogP contribution is 2.27. The molecular formula is C18H26N4O. The fraction of sp³-hybridized carbons (Fsp3) is 0.556. The molecule has 0 aromatic carbocycles. The Bertz CT molecular complexity index is 700. The molecule has 23 heavy (non-hydrogen) atoms. The fourth-order valence-corrected chi connectivity index (χ4v) is 3.32. The van der Waals surface area contributed by atoms with Crippen molar-refractivity contribution in [3.8, 4) is 0 Å². The van der Waals surface area contributed by atoms with E-state index >= 15 is 0 Å². The minimum Gasteiger partial charge on any atom is -0.346 e. The minimum absolute atomic E-state index is 0.0815. The number of nitrogens with one attached hydrogen (secondary N) is 1. The van der Waals surface area contributed by atoms with Crippen LogP contribution in [0.4, 0.5) is 0 Å². The van der Waals surface area contributed by atoms with E-state index in [1.165, 1.54) is 5.56 Å². The van der Waals surface area contributed by atoms with Crippen LogP contribution < -0.4 is 5.73 Å². The van der Waals surface area contributed by atoms with E-state index in [0.717, 1.165) is 36.8 Å². The van der Waals surface area contributed by atoms with Crippen molar-refractivity contribution in [3.05, 3.63) is 30.1 Å². The summed E-state index contributed by atoms with van der Waals surface area (Å²) >= 11 is 0. The van der Waals surface area contributed by atoms with Crippen LogP contribution in [-0.4, -0.2) is 39.4 Å². The zero-order chi connectivity index (χ0) is 16.6. The maximum absolute atomic E-state index is 12.8. The Balaban J connectivity index is 1.78. The number of carbonyl (C=O) groups is 1. The molecule has 5 heteroatoms. The second-order valence-corrected chi connectivity index (χ2v) is 7.59. The molecule has 1 aliphatic rings. The number of aromatic nitrogens is 2.